The van der Waals surface area contributed by atoms with Gasteiger partial charge in [0.25, 0.3) is 5.91 Å². The minimum atomic E-state index is -0.114. The van der Waals surface area contributed by atoms with E-state index in [1.54, 1.807) is 7.11 Å². The molecule has 34 heavy (non-hydrogen) atoms. The highest BCUT2D eigenvalue weighted by Gasteiger charge is 2.18. The molecule has 0 saturated heterocycles. The Kier molecular flexibility index (Phi) is 9.85. The molecule has 0 aliphatic carbocycles. The monoisotopic (exact) mass is 461 g/mol. The Hall–Kier alpha value is -3.14. The van der Waals surface area contributed by atoms with E-state index in [4.69, 9.17) is 4.74 Å². The van der Waals surface area contributed by atoms with Crippen molar-refractivity contribution >= 4 is 17.4 Å². The van der Waals surface area contributed by atoms with Gasteiger partial charge < -0.3 is 10.1 Å². The zero-order chi connectivity index (χ0) is 25.3. The summed E-state index contributed by atoms with van der Waals surface area (Å²) in [6, 6.07) is 13.5. The molecule has 0 heterocycles. The standard InChI is InChI=1S/C30H39NO3/c1-8-23(20-28(34-7)30(4,5)6)12-16-26(32)17-13-24-10-14-25(15-11-24)31-29(33)27-18-9-21(2)19-22(27)3/h8-11,14-15,18-20H,12-13,16-17H2,1-7H3,(H,31,33)/b23-8-,28-20-. The molecular formula is C30H39NO3. The van der Waals surface area contributed by atoms with E-state index in [2.05, 4.69) is 32.2 Å². The number of anilines is 1. The third-order valence-corrected chi connectivity index (χ3v) is 5.87. The summed E-state index contributed by atoms with van der Waals surface area (Å²) in [7, 11) is 1.69. The number of rotatable bonds is 10. The summed E-state index contributed by atoms with van der Waals surface area (Å²) in [6.45, 7) is 12.3. The summed E-state index contributed by atoms with van der Waals surface area (Å²) in [6.07, 6.45) is 6.52. The van der Waals surface area contributed by atoms with Crippen LogP contribution >= 0.6 is 0 Å². The number of ketones is 1. The van der Waals surface area contributed by atoms with Gasteiger partial charge in [-0.05, 0) is 74.6 Å². The second kappa shape index (κ2) is 12.4. The van der Waals surface area contributed by atoms with Gasteiger partial charge in [-0.1, -0.05) is 56.7 Å². The summed E-state index contributed by atoms with van der Waals surface area (Å²) < 4.78 is 5.54. The number of ether oxygens (including phenoxy) is 1. The topological polar surface area (TPSA) is 55.4 Å². The fourth-order valence-electron chi connectivity index (χ4n) is 3.76. The normalized spacial score (nSPS) is 12.4. The lowest BCUT2D eigenvalue weighted by Crippen LogP contribution is -2.13. The zero-order valence-electron chi connectivity index (χ0n) is 21.7. The first-order chi connectivity index (χ1) is 16.0. The van der Waals surface area contributed by atoms with Gasteiger partial charge in [-0.15, -0.1) is 0 Å². The van der Waals surface area contributed by atoms with Crippen molar-refractivity contribution < 1.29 is 14.3 Å². The quantitative estimate of drug-likeness (QED) is 0.297. The molecule has 0 bridgehead atoms. The lowest BCUT2D eigenvalue weighted by Gasteiger charge is -2.22. The summed E-state index contributed by atoms with van der Waals surface area (Å²) in [5, 5.41) is 2.95. The predicted octanol–water partition coefficient (Wildman–Crippen LogP) is 7.36. The number of hydrogen-bond acceptors (Lipinski definition) is 3. The minimum Gasteiger partial charge on any atom is -0.501 e. The maximum atomic E-state index is 12.6. The Balaban J connectivity index is 1.86. The molecule has 4 heteroatoms. The summed E-state index contributed by atoms with van der Waals surface area (Å²) in [5.41, 5.74) is 5.64. The fraction of sp³-hybridized carbons (Fsp3) is 0.400. The highest BCUT2D eigenvalue weighted by molar-refractivity contribution is 6.05. The van der Waals surface area contributed by atoms with Gasteiger partial charge >= 0.3 is 0 Å². The first-order valence-electron chi connectivity index (χ1n) is 11.9. The third kappa shape index (κ3) is 8.33. The minimum absolute atomic E-state index is 0.0718. The van der Waals surface area contributed by atoms with E-state index in [1.807, 2.05) is 69.3 Å². The van der Waals surface area contributed by atoms with Crippen molar-refractivity contribution in [1.29, 1.82) is 0 Å². The maximum Gasteiger partial charge on any atom is 0.255 e. The highest BCUT2D eigenvalue weighted by Crippen LogP contribution is 2.27. The van der Waals surface area contributed by atoms with Crippen LogP contribution in [0.5, 0.6) is 0 Å². The Bertz CT molecular complexity index is 1050. The number of nitrogens with one attached hydrogen (secondary N) is 1. The molecule has 0 unspecified atom stereocenters. The molecule has 0 saturated carbocycles. The average molecular weight is 462 g/mol. The van der Waals surface area contributed by atoms with Crippen LogP contribution in [-0.4, -0.2) is 18.8 Å². The largest absolute Gasteiger partial charge is 0.501 e. The summed E-state index contributed by atoms with van der Waals surface area (Å²) in [5.74, 6) is 1.05. The molecule has 1 N–H and O–H groups in total. The first-order valence-corrected chi connectivity index (χ1v) is 11.9. The molecule has 0 atom stereocenters. The SMILES string of the molecule is C/C=C(\C=C(/OC)C(C)(C)C)CCC(=O)CCc1ccc(NC(=O)c2ccc(C)cc2C)cc1. The highest BCUT2D eigenvalue weighted by atomic mass is 16.5. The number of carbonyl (C=O) groups excluding carboxylic acids is 2. The molecule has 0 spiro atoms. The molecule has 0 aliphatic rings. The van der Waals surface area contributed by atoms with Crippen LogP contribution in [-0.2, 0) is 16.0 Å². The Morgan fingerprint density at radius 3 is 2.21 bits per heavy atom. The number of benzene rings is 2. The first kappa shape index (κ1) is 27.1. The molecule has 0 radical (unpaired) electrons. The Labute approximate surface area is 205 Å². The molecular weight excluding hydrogens is 422 g/mol. The Morgan fingerprint density at radius 1 is 0.971 bits per heavy atom. The van der Waals surface area contributed by atoms with E-state index >= 15 is 0 Å². The van der Waals surface area contributed by atoms with Crippen LogP contribution in [0.2, 0.25) is 0 Å². The fourth-order valence-corrected chi connectivity index (χ4v) is 3.76. The molecule has 182 valence electrons. The number of aryl methyl sites for hydroxylation is 3. The lowest BCUT2D eigenvalue weighted by atomic mass is 9.91. The predicted molar refractivity (Wildman–Crippen MR) is 141 cm³/mol. The van der Waals surface area contributed by atoms with Crippen LogP contribution in [0.4, 0.5) is 5.69 Å². The van der Waals surface area contributed by atoms with Gasteiger partial charge in [0.2, 0.25) is 0 Å². The van der Waals surface area contributed by atoms with Gasteiger partial charge in [-0.25, -0.2) is 0 Å². The number of Topliss-reactive ketones (excluding diaryl/α,β-unsaturated/α-hetero) is 1. The van der Waals surface area contributed by atoms with E-state index in [0.29, 0.717) is 31.2 Å². The average Bonchev–Trinajstić information content (AvgIpc) is 2.77. The summed E-state index contributed by atoms with van der Waals surface area (Å²) >= 11 is 0. The molecule has 2 aromatic carbocycles. The van der Waals surface area contributed by atoms with Crippen molar-refractivity contribution in [2.45, 2.75) is 67.2 Å². The van der Waals surface area contributed by atoms with Crippen molar-refractivity contribution in [2.75, 3.05) is 12.4 Å². The van der Waals surface area contributed by atoms with Crippen molar-refractivity contribution in [3.63, 3.8) is 0 Å². The van der Waals surface area contributed by atoms with Crippen LogP contribution in [0.25, 0.3) is 0 Å². The maximum absolute atomic E-state index is 12.6. The lowest BCUT2D eigenvalue weighted by molar-refractivity contribution is -0.119. The molecule has 4 nitrogen and oxygen atoms in total. The zero-order valence-corrected chi connectivity index (χ0v) is 21.7. The van der Waals surface area contributed by atoms with Gasteiger partial charge in [-0.3, -0.25) is 9.59 Å². The van der Waals surface area contributed by atoms with Gasteiger partial charge in [0.05, 0.1) is 7.11 Å². The van der Waals surface area contributed by atoms with Crippen LogP contribution < -0.4 is 5.32 Å². The number of amides is 1. The van der Waals surface area contributed by atoms with Crippen molar-refractivity contribution in [3.8, 4) is 0 Å². The van der Waals surface area contributed by atoms with E-state index in [1.165, 1.54) is 0 Å². The van der Waals surface area contributed by atoms with Crippen molar-refractivity contribution in [1.82, 2.24) is 0 Å². The van der Waals surface area contributed by atoms with Crippen LogP contribution in [0.3, 0.4) is 0 Å². The second-order valence-corrected chi connectivity index (χ2v) is 9.83. The second-order valence-electron chi connectivity index (χ2n) is 9.83. The molecule has 0 aromatic heterocycles. The molecule has 0 aliphatic heterocycles. The van der Waals surface area contributed by atoms with Crippen LogP contribution in [0.15, 0.2) is 65.9 Å². The Morgan fingerprint density at radius 2 is 1.65 bits per heavy atom. The van der Waals surface area contributed by atoms with E-state index in [0.717, 1.165) is 33.7 Å². The van der Waals surface area contributed by atoms with E-state index in [9.17, 15) is 9.59 Å². The van der Waals surface area contributed by atoms with Crippen LogP contribution in [0, 0.1) is 19.3 Å². The summed E-state index contributed by atoms with van der Waals surface area (Å²) in [4.78, 5) is 25.0. The number of carbonyl (C=O) groups is 2. The molecule has 0 fully saturated rings. The van der Waals surface area contributed by atoms with Crippen LogP contribution in [0.1, 0.15) is 74.0 Å². The molecule has 1 amide bonds. The van der Waals surface area contributed by atoms with E-state index in [-0.39, 0.29) is 17.1 Å². The van der Waals surface area contributed by atoms with Crippen molar-refractivity contribution in [2.24, 2.45) is 5.41 Å². The van der Waals surface area contributed by atoms with Gasteiger partial charge in [0, 0.05) is 29.5 Å². The van der Waals surface area contributed by atoms with Gasteiger partial charge in [0.1, 0.15) is 11.5 Å². The number of methoxy groups -OCH3 is 1. The van der Waals surface area contributed by atoms with Crippen molar-refractivity contribution in [3.05, 3.63) is 88.2 Å². The smallest absolute Gasteiger partial charge is 0.255 e. The van der Waals surface area contributed by atoms with Gasteiger partial charge in [-0.2, -0.15) is 0 Å². The molecule has 2 aromatic rings. The number of allylic oxidation sites excluding steroid dienone is 4. The molecule has 2 rings (SSSR count). The van der Waals surface area contributed by atoms with E-state index < -0.39 is 0 Å². The third-order valence-electron chi connectivity index (χ3n) is 5.87. The number of hydrogen-bond donors (Lipinski definition) is 1. The van der Waals surface area contributed by atoms with Gasteiger partial charge in [0.15, 0.2) is 0 Å².